The molecule has 0 heterocycles. The number of ether oxygens (including phenoxy) is 4. The van der Waals surface area contributed by atoms with Crippen molar-refractivity contribution >= 4 is 11.6 Å². The van der Waals surface area contributed by atoms with E-state index in [2.05, 4.69) is 0 Å². The number of carbonyl (C=O) groups excluding carboxylic acids is 2. The van der Waals surface area contributed by atoms with Gasteiger partial charge in [-0.05, 0) is 35.4 Å². The summed E-state index contributed by atoms with van der Waals surface area (Å²) in [5, 5.41) is 0. The van der Waals surface area contributed by atoms with Crippen LogP contribution in [-0.2, 0) is 13.2 Å². The minimum Gasteiger partial charge on any atom is -0.493 e. The summed E-state index contributed by atoms with van der Waals surface area (Å²) in [7, 11) is 2.95. The predicted octanol–water partition coefficient (Wildman–Crippen LogP) is 5.64. The molecule has 0 aliphatic heterocycles. The molecule has 0 atom stereocenters. The fourth-order valence-electron chi connectivity index (χ4n) is 4.25. The van der Waals surface area contributed by atoms with E-state index in [1.54, 1.807) is 24.3 Å². The molecule has 0 saturated heterocycles. The Kier molecular flexibility index (Phi) is 6.41. The molecule has 1 aliphatic carbocycles. The lowest BCUT2D eigenvalue weighted by Gasteiger charge is -2.23. The third-order valence-corrected chi connectivity index (χ3v) is 6.06. The fraction of sp³-hybridized carbons (Fsp3) is 0.133. The van der Waals surface area contributed by atoms with E-state index in [-0.39, 0.29) is 39.6 Å². The average molecular weight is 481 g/mol. The summed E-state index contributed by atoms with van der Waals surface area (Å²) < 4.78 is 23.0. The molecule has 180 valence electrons. The first-order chi connectivity index (χ1) is 17.6. The average Bonchev–Trinajstić information content (AvgIpc) is 2.93. The highest BCUT2D eigenvalue weighted by Gasteiger charge is 2.35. The molecule has 0 fully saturated rings. The van der Waals surface area contributed by atoms with E-state index in [0.717, 1.165) is 11.1 Å². The summed E-state index contributed by atoms with van der Waals surface area (Å²) in [6, 6.07) is 25.7. The molecule has 0 unspecified atom stereocenters. The number of carbonyl (C=O) groups is 2. The molecule has 6 nitrogen and oxygen atoms in total. The number of hydrogen-bond acceptors (Lipinski definition) is 6. The van der Waals surface area contributed by atoms with Crippen LogP contribution >= 0.6 is 0 Å². The zero-order valence-electron chi connectivity index (χ0n) is 19.9. The van der Waals surface area contributed by atoms with Gasteiger partial charge in [-0.15, -0.1) is 0 Å². The van der Waals surface area contributed by atoms with Gasteiger partial charge in [-0.25, -0.2) is 0 Å². The van der Waals surface area contributed by atoms with Crippen molar-refractivity contribution in [2.24, 2.45) is 0 Å². The van der Waals surface area contributed by atoms with Crippen LogP contribution in [0.4, 0.5) is 0 Å². The van der Waals surface area contributed by atoms with Gasteiger partial charge in [-0.2, -0.15) is 0 Å². The Morgan fingerprint density at radius 3 is 1.69 bits per heavy atom. The Balaban J connectivity index is 1.49. The lowest BCUT2D eigenvalue weighted by molar-refractivity contribution is 0.0975. The van der Waals surface area contributed by atoms with E-state index in [9.17, 15) is 9.59 Å². The standard InChI is InChI=1S/C30H24O6/c1-33-25-15-23-22(16-26(25)36-18-20-11-7-4-8-12-20)28(31)21-13-14-24(30(34-2)27(21)29(23)32)35-17-19-9-5-3-6-10-19/h3-16H,17-18H2,1-2H3. The van der Waals surface area contributed by atoms with Crippen LogP contribution in [0.2, 0.25) is 0 Å². The molecule has 5 rings (SSSR count). The molecular formula is C30H24O6. The molecule has 0 saturated carbocycles. The summed E-state index contributed by atoms with van der Waals surface area (Å²) >= 11 is 0. The Labute approximate surface area is 209 Å². The van der Waals surface area contributed by atoms with Gasteiger partial charge in [0.15, 0.2) is 34.6 Å². The molecule has 36 heavy (non-hydrogen) atoms. The van der Waals surface area contributed by atoms with Crippen LogP contribution in [0.5, 0.6) is 23.0 Å². The van der Waals surface area contributed by atoms with Gasteiger partial charge in [-0.3, -0.25) is 9.59 Å². The van der Waals surface area contributed by atoms with Crippen LogP contribution in [0.1, 0.15) is 43.0 Å². The molecule has 0 aromatic heterocycles. The maximum Gasteiger partial charge on any atom is 0.198 e. The van der Waals surface area contributed by atoms with Crippen molar-refractivity contribution in [3.8, 4) is 23.0 Å². The monoisotopic (exact) mass is 480 g/mol. The van der Waals surface area contributed by atoms with E-state index in [1.807, 2.05) is 60.7 Å². The zero-order chi connectivity index (χ0) is 25.1. The van der Waals surface area contributed by atoms with Crippen LogP contribution < -0.4 is 18.9 Å². The highest BCUT2D eigenvalue weighted by atomic mass is 16.5. The number of fused-ring (bicyclic) bond motifs is 2. The van der Waals surface area contributed by atoms with Crippen LogP contribution in [0.25, 0.3) is 0 Å². The predicted molar refractivity (Wildman–Crippen MR) is 134 cm³/mol. The molecule has 0 radical (unpaired) electrons. The zero-order valence-corrected chi connectivity index (χ0v) is 19.9. The van der Waals surface area contributed by atoms with Crippen molar-refractivity contribution < 1.29 is 28.5 Å². The van der Waals surface area contributed by atoms with E-state index < -0.39 is 0 Å². The molecule has 6 heteroatoms. The Morgan fingerprint density at radius 1 is 0.556 bits per heavy atom. The first kappa shape index (κ1) is 23.2. The summed E-state index contributed by atoms with van der Waals surface area (Å²) in [5.41, 5.74) is 2.87. The van der Waals surface area contributed by atoms with E-state index in [1.165, 1.54) is 14.2 Å². The van der Waals surface area contributed by atoms with E-state index in [4.69, 9.17) is 18.9 Å². The number of ketones is 2. The van der Waals surface area contributed by atoms with Crippen molar-refractivity contribution in [2.75, 3.05) is 14.2 Å². The van der Waals surface area contributed by atoms with Crippen molar-refractivity contribution in [1.29, 1.82) is 0 Å². The Bertz CT molecular complexity index is 1390. The Morgan fingerprint density at radius 2 is 1.11 bits per heavy atom. The lowest BCUT2D eigenvalue weighted by atomic mass is 9.83. The van der Waals surface area contributed by atoms with Crippen LogP contribution in [0, 0.1) is 0 Å². The van der Waals surface area contributed by atoms with Gasteiger partial charge in [-0.1, -0.05) is 60.7 Å². The first-order valence-corrected chi connectivity index (χ1v) is 11.5. The van der Waals surface area contributed by atoms with Crippen LogP contribution in [0.3, 0.4) is 0 Å². The summed E-state index contributed by atoms with van der Waals surface area (Å²) in [6.07, 6.45) is 0. The van der Waals surface area contributed by atoms with Gasteiger partial charge >= 0.3 is 0 Å². The lowest BCUT2D eigenvalue weighted by Crippen LogP contribution is -2.22. The smallest absolute Gasteiger partial charge is 0.198 e. The summed E-state index contributed by atoms with van der Waals surface area (Å²) in [6.45, 7) is 0.593. The number of methoxy groups -OCH3 is 2. The molecule has 1 aliphatic rings. The largest absolute Gasteiger partial charge is 0.493 e. The van der Waals surface area contributed by atoms with Crippen molar-refractivity contribution in [3.05, 3.63) is 118 Å². The molecule has 0 bridgehead atoms. The Hall–Kier alpha value is -4.58. The second kappa shape index (κ2) is 9.96. The van der Waals surface area contributed by atoms with Gasteiger partial charge in [0.1, 0.15) is 13.2 Å². The normalized spacial score (nSPS) is 11.9. The minimum absolute atomic E-state index is 0.181. The van der Waals surface area contributed by atoms with E-state index in [0.29, 0.717) is 30.5 Å². The maximum atomic E-state index is 13.6. The quantitative estimate of drug-likeness (QED) is 0.286. The molecule has 0 N–H and O–H groups in total. The topological polar surface area (TPSA) is 71.1 Å². The molecule has 4 aromatic carbocycles. The van der Waals surface area contributed by atoms with Crippen molar-refractivity contribution in [2.45, 2.75) is 13.2 Å². The van der Waals surface area contributed by atoms with Gasteiger partial charge in [0.05, 0.1) is 19.8 Å². The molecule has 0 spiro atoms. The van der Waals surface area contributed by atoms with Crippen molar-refractivity contribution in [1.82, 2.24) is 0 Å². The summed E-state index contributed by atoms with van der Waals surface area (Å²) in [5.74, 6) is 0.744. The SMILES string of the molecule is COc1cc2c(cc1OCc1ccccc1)C(=O)c1ccc(OCc3ccccc3)c(OC)c1C2=O. The number of rotatable bonds is 8. The minimum atomic E-state index is -0.338. The molecule has 4 aromatic rings. The van der Waals surface area contributed by atoms with Crippen LogP contribution in [0.15, 0.2) is 84.9 Å². The third-order valence-electron chi connectivity index (χ3n) is 6.06. The first-order valence-electron chi connectivity index (χ1n) is 11.5. The second-order valence-electron chi connectivity index (χ2n) is 8.27. The number of benzene rings is 4. The van der Waals surface area contributed by atoms with Crippen molar-refractivity contribution in [3.63, 3.8) is 0 Å². The van der Waals surface area contributed by atoms with Gasteiger partial charge in [0, 0.05) is 16.7 Å². The maximum absolute atomic E-state index is 13.6. The van der Waals surface area contributed by atoms with Gasteiger partial charge in [0.2, 0.25) is 0 Å². The van der Waals surface area contributed by atoms with Gasteiger partial charge in [0.25, 0.3) is 0 Å². The second-order valence-corrected chi connectivity index (χ2v) is 8.27. The molecular weight excluding hydrogens is 456 g/mol. The number of hydrogen-bond donors (Lipinski definition) is 0. The highest BCUT2D eigenvalue weighted by molar-refractivity contribution is 6.29. The third kappa shape index (κ3) is 4.29. The van der Waals surface area contributed by atoms with Gasteiger partial charge < -0.3 is 18.9 Å². The van der Waals surface area contributed by atoms with E-state index >= 15 is 0 Å². The highest BCUT2D eigenvalue weighted by Crippen LogP contribution is 2.42. The molecule has 0 amide bonds. The summed E-state index contributed by atoms with van der Waals surface area (Å²) in [4.78, 5) is 27.1. The van der Waals surface area contributed by atoms with Crippen LogP contribution in [-0.4, -0.2) is 25.8 Å². The fourth-order valence-corrected chi connectivity index (χ4v) is 4.25.